The minimum absolute atomic E-state index is 0.0253. The summed E-state index contributed by atoms with van der Waals surface area (Å²) in [5, 5.41) is 5.30. The lowest BCUT2D eigenvalue weighted by atomic mass is 9.92. The van der Waals surface area contributed by atoms with E-state index >= 15 is 0 Å². The lowest BCUT2D eigenvalue weighted by molar-refractivity contribution is -0.132. The molecule has 1 aliphatic rings. The molecule has 0 radical (unpaired) electrons. The van der Waals surface area contributed by atoms with Crippen molar-refractivity contribution < 1.29 is 9.53 Å². The largest absolute Gasteiger partial charge is 0.383 e. The van der Waals surface area contributed by atoms with E-state index in [1.54, 1.807) is 18.4 Å². The van der Waals surface area contributed by atoms with Crippen LogP contribution >= 0.6 is 11.3 Å². The zero-order valence-corrected chi connectivity index (χ0v) is 15.1. The second-order valence-electron chi connectivity index (χ2n) is 6.12. The summed E-state index contributed by atoms with van der Waals surface area (Å²) in [7, 11) is 1.67. The molecule has 4 nitrogen and oxygen atoms in total. The molecule has 1 atom stereocenters. The molecule has 1 N–H and O–H groups in total. The van der Waals surface area contributed by atoms with Gasteiger partial charge < -0.3 is 15.0 Å². The monoisotopic (exact) mass is 344 g/mol. The van der Waals surface area contributed by atoms with Gasteiger partial charge in [-0.25, -0.2) is 0 Å². The molecule has 2 heterocycles. The van der Waals surface area contributed by atoms with Crippen LogP contribution in [-0.2, 0) is 16.0 Å². The Kier molecular flexibility index (Phi) is 5.66. The van der Waals surface area contributed by atoms with E-state index in [1.807, 2.05) is 4.90 Å². The van der Waals surface area contributed by atoms with E-state index in [0.717, 1.165) is 13.0 Å². The minimum Gasteiger partial charge on any atom is -0.383 e. The summed E-state index contributed by atoms with van der Waals surface area (Å²) in [6.07, 6.45) is 0.944. The molecule has 0 saturated heterocycles. The van der Waals surface area contributed by atoms with Gasteiger partial charge in [0.1, 0.15) is 0 Å². The average molecular weight is 344 g/mol. The second kappa shape index (κ2) is 7.92. The lowest BCUT2D eigenvalue weighted by Gasteiger charge is -2.36. The summed E-state index contributed by atoms with van der Waals surface area (Å²) in [5.74, 6) is 0.147. The van der Waals surface area contributed by atoms with E-state index in [4.69, 9.17) is 4.74 Å². The molecule has 128 valence electrons. The summed E-state index contributed by atoms with van der Waals surface area (Å²) >= 11 is 1.80. The zero-order valence-electron chi connectivity index (χ0n) is 14.2. The molecule has 0 saturated carbocycles. The minimum atomic E-state index is 0.0253. The maximum absolute atomic E-state index is 12.8. The predicted octanol–water partition coefficient (Wildman–Crippen LogP) is 2.77. The van der Waals surface area contributed by atoms with Crippen molar-refractivity contribution >= 4 is 17.2 Å². The van der Waals surface area contributed by atoms with Crippen LogP contribution in [0.25, 0.3) is 0 Å². The van der Waals surface area contributed by atoms with Gasteiger partial charge in [-0.05, 0) is 35.9 Å². The number of methoxy groups -OCH3 is 1. The maximum Gasteiger partial charge on any atom is 0.237 e. The fourth-order valence-corrected chi connectivity index (χ4v) is 4.07. The van der Waals surface area contributed by atoms with E-state index in [1.165, 1.54) is 21.6 Å². The number of nitrogens with zero attached hydrogens (tertiary/aromatic N) is 1. The third-order valence-corrected chi connectivity index (χ3v) is 5.44. The molecule has 1 amide bonds. The maximum atomic E-state index is 12.8. The van der Waals surface area contributed by atoms with Crippen LogP contribution in [0.15, 0.2) is 35.7 Å². The van der Waals surface area contributed by atoms with Crippen molar-refractivity contribution in [2.45, 2.75) is 19.4 Å². The van der Waals surface area contributed by atoms with Gasteiger partial charge in [-0.15, -0.1) is 11.3 Å². The van der Waals surface area contributed by atoms with Crippen LogP contribution in [0.5, 0.6) is 0 Å². The molecule has 24 heavy (non-hydrogen) atoms. The SMILES string of the molecule is COCCNCC(=O)N1CCc2sccc2C1c1ccc(C)cc1. The van der Waals surface area contributed by atoms with Crippen LogP contribution in [0.3, 0.4) is 0 Å². The number of hydrogen-bond acceptors (Lipinski definition) is 4. The number of carbonyl (C=O) groups excluding carboxylic acids is 1. The average Bonchev–Trinajstić information content (AvgIpc) is 3.07. The molecular formula is C19H24N2O2S. The molecule has 3 rings (SSSR count). The first-order valence-electron chi connectivity index (χ1n) is 8.32. The number of benzene rings is 1. The van der Waals surface area contributed by atoms with Crippen molar-refractivity contribution in [3.63, 3.8) is 0 Å². The van der Waals surface area contributed by atoms with Crippen molar-refractivity contribution in [3.05, 3.63) is 57.3 Å². The zero-order chi connectivity index (χ0) is 16.9. The molecule has 0 fully saturated rings. The number of ether oxygens (including phenoxy) is 1. The van der Waals surface area contributed by atoms with Crippen LogP contribution in [0, 0.1) is 6.92 Å². The van der Waals surface area contributed by atoms with Gasteiger partial charge in [-0.2, -0.15) is 0 Å². The molecule has 1 unspecified atom stereocenters. The first kappa shape index (κ1) is 17.1. The molecule has 2 aromatic rings. The highest BCUT2D eigenvalue weighted by Crippen LogP contribution is 2.37. The molecule has 0 bridgehead atoms. The molecule has 0 aliphatic carbocycles. The summed E-state index contributed by atoms with van der Waals surface area (Å²) in [6.45, 7) is 4.52. The smallest absolute Gasteiger partial charge is 0.237 e. The quantitative estimate of drug-likeness (QED) is 0.820. The Bertz CT molecular complexity index is 681. The van der Waals surface area contributed by atoms with E-state index in [2.05, 4.69) is 48.0 Å². The van der Waals surface area contributed by atoms with E-state index in [0.29, 0.717) is 19.7 Å². The van der Waals surface area contributed by atoms with Gasteiger partial charge in [0, 0.05) is 25.1 Å². The summed E-state index contributed by atoms with van der Waals surface area (Å²) < 4.78 is 5.02. The Balaban J connectivity index is 1.82. The third-order valence-electron chi connectivity index (χ3n) is 4.44. The highest BCUT2D eigenvalue weighted by molar-refractivity contribution is 7.10. The number of aryl methyl sites for hydroxylation is 1. The van der Waals surface area contributed by atoms with Gasteiger partial charge in [-0.1, -0.05) is 29.8 Å². The number of carbonyl (C=O) groups is 1. The number of hydrogen-bond donors (Lipinski definition) is 1. The van der Waals surface area contributed by atoms with Crippen molar-refractivity contribution in [1.82, 2.24) is 10.2 Å². The Morgan fingerprint density at radius 2 is 2.12 bits per heavy atom. The lowest BCUT2D eigenvalue weighted by Crippen LogP contribution is -2.44. The summed E-state index contributed by atoms with van der Waals surface area (Å²) in [4.78, 5) is 16.2. The number of rotatable bonds is 6. The Labute approximate surface area is 147 Å². The summed E-state index contributed by atoms with van der Waals surface area (Å²) in [6, 6.07) is 10.7. The van der Waals surface area contributed by atoms with Gasteiger partial charge in [0.2, 0.25) is 5.91 Å². The molecule has 5 heteroatoms. The van der Waals surface area contributed by atoms with Crippen LogP contribution in [0.1, 0.15) is 27.6 Å². The van der Waals surface area contributed by atoms with Crippen molar-refractivity contribution in [2.24, 2.45) is 0 Å². The normalized spacial score (nSPS) is 16.9. The van der Waals surface area contributed by atoms with Gasteiger partial charge in [0.25, 0.3) is 0 Å². The van der Waals surface area contributed by atoms with E-state index in [9.17, 15) is 4.79 Å². The first-order valence-corrected chi connectivity index (χ1v) is 9.20. The highest BCUT2D eigenvalue weighted by Gasteiger charge is 2.32. The second-order valence-corrected chi connectivity index (χ2v) is 7.12. The van der Waals surface area contributed by atoms with E-state index in [-0.39, 0.29) is 11.9 Å². The highest BCUT2D eigenvalue weighted by atomic mass is 32.1. The Hall–Kier alpha value is -1.69. The molecule has 1 aromatic heterocycles. The number of thiophene rings is 1. The Morgan fingerprint density at radius 1 is 1.33 bits per heavy atom. The number of fused-ring (bicyclic) bond motifs is 1. The number of amides is 1. The summed E-state index contributed by atoms with van der Waals surface area (Å²) in [5.41, 5.74) is 3.70. The van der Waals surface area contributed by atoms with Gasteiger partial charge in [0.05, 0.1) is 19.2 Å². The first-order chi connectivity index (χ1) is 11.7. The fourth-order valence-electron chi connectivity index (χ4n) is 3.16. The van der Waals surface area contributed by atoms with E-state index < -0.39 is 0 Å². The van der Waals surface area contributed by atoms with Gasteiger partial charge >= 0.3 is 0 Å². The van der Waals surface area contributed by atoms with Gasteiger partial charge in [0.15, 0.2) is 0 Å². The fraction of sp³-hybridized carbons (Fsp3) is 0.421. The third kappa shape index (κ3) is 3.69. The number of nitrogens with one attached hydrogen (secondary N) is 1. The van der Waals surface area contributed by atoms with Gasteiger partial charge in [-0.3, -0.25) is 4.79 Å². The molecule has 1 aromatic carbocycles. The molecule has 0 spiro atoms. The van der Waals surface area contributed by atoms with Crippen LogP contribution in [0.4, 0.5) is 0 Å². The van der Waals surface area contributed by atoms with Crippen LogP contribution in [-0.4, -0.2) is 44.2 Å². The van der Waals surface area contributed by atoms with Crippen LogP contribution in [0.2, 0.25) is 0 Å². The molecular weight excluding hydrogens is 320 g/mol. The van der Waals surface area contributed by atoms with Crippen LogP contribution < -0.4 is 5.32 Å². The molecule has 1 aliphatic heterocycles. The predicted molar refractivity (Wildman–Crippen MR) is 97.5 cm³/mol. The standard InChI is InChI=1S/C19H24N2O2S/c1-14-3-5-15(6-4-14)19-16-8-12-24-17(16)7-10-21(19)18(22)13-20-9-11-23-2/h3-6,8,12,19-20H,7,9-11,13H2,1-2H3. The van der Waals surface area contributed by atoms with Crippen molar-refractivity contribution in [1.29, 1.82) is 0 Å². The van der Waals surface area contributed by atoms with Crippen molar-refractivity contribution in [3.8, 4) is 0 Å². The topological polar surface area (TPSA) is 41.6 Å². The Morgan fingerprint density at radius 3 is 2.88 bits per heavy atom. The van der Waals surface area contributed by atoms with Crippen molar-refractivity contribution in [2.75, 3.05) is 33.4 Å².